The summed E-state index contributed by atoms with van der Waals surface area (Å²) in [6.45, 7) is 3.55. The molecule has 3 nitrogen and oxygen atoms in total. The molecule has 2 aromatic carbocycles. The predicted octanol–water partition coefficient (Wildman–Crippen LogP) is 3.72. The number of phenolic OH excluding ortho intramolecular Hbond substituents is 2. The van der Waals surface area contributed by atoms with Crippen LogP contribution in [-0.4, -0.2) is 10.2 Å². The maximum Gasteiger partial charge on any atom is 0.146 e. The monoisotopic (exact) mass is 261 g/mol. The van der Waals surface area contributed by atoms with Crippen molar-refractivity contribution in [1.29, 1.82) is 0 Å². The molecule has 0 radical (unpaired) electrons. The Morgan fingerprint density at radius 1 is 1.05 bits per heavy atom. The van der Waals surface area contributed by atoms with Crippen molar-refractivity contribution < 1.29 is 14.6 Å². The second-order valence-electron chi connectivity index (χ2n) is 4.51. The third kappa shape index (κ3) is 2.62. The summed E-state index contributed by atoms with van der Waals surface area (Å²) in [7, 11) is 0. The van der Waals surface area contributed by atoms with Gasteiger partial charge >= 0.3 is 0 Å². The molecule has 3 N–H and O–H groups in total. The van der Waals surface area contributed by atoms with Crippen LogP contribution < -0.4 is 5.32 Å². The van der Waals surface area contributed by atoms with Crippen molar-refractivity contribution in [1.82, 2.24) is 0 Å². The third-order valence-electron chi connectivity index (χ3n) is 3.08. The Morgan fingerprint density at radius 3 is 2.21 bits per heavy atom. The first-order chi connectivity index (χ1) is 9.00. The van der Waals surface area contributed by atoms with Gasteiger partial charge < -0.3 is 15.5 Å². The van der Waals surface area contributed by atoms with E-state index in [0.717, 1.165) is 5.56 Å². The van der Waals surface area contributed by atoms with Crippen molar-refractivity contribution in [2.24, 2.45) is 0 Å². The van der Waals surface area contributed by atoms with Crippen molar-refractivity contribution >= 4 is 5.69 Å². The van der Waals surface area contributed by atoms with Gasteiger partial charge in [0.1, 0.15) is 17.3 Å². The summed E-state index contributed by atoms with van der Waals surface area (Å²) < 4.78 is 13.7. The fraction of sp³-hybridized carbons (Fsp3) is 0.200. The Kier molecular flexibility index (Phi) is 3.60. The SMILES string of the molecule is Cc1cccc(F)c1NC(C)c1c(O)cccc1O. The number of benzene rings is 2. The van der Waals surface area contributed by atoms with Gasteiger partial charge in [-0.05, 0) is 37.6 Å². The van der Waals surface area contributed by atoms with Crippen molar-refractivity contribution in [3.8, 4) is 11.5 Å². The van der Waals surface area contributed by atoms with Crippen LogP contribution >= 0.6 is 0 Å². The highest BCUT2D eigenvalue weighted by atomic mass is 19.1. The highest BCUT2D eigenvalue weighted by Gasteiger charge is 2.17. The molecule has 0 fully saturated rings. The molecule has 0 spiro atoms. The number of para-hydroxylation sites is 1. The topological polar surface area (TPSA) is 52.5 Å². The Morgan fingerprint density at radius 2 is 1.63 bits per heavy atom. The first-order valence-electron chi connectivity index (χ1n) is 6.03. The highest BCUT2D eigenvalue weighted by Crippen LogP contribution is 2.35. The number of aryl methyl sites for hydroxylation is 1. The first-order valence-corrected chi connectivity index (χ1v) is 6.03. The van der Waals surface area contributed by atoms with E-state index in [2.05, 4.69) is 5.32 Å². The smallest absolute Gasteiger partial charge is 0.146 e. The molecule has 0 bridgehead atoms. The molecule has 4 heteroatoms. The fourth-order valence-corrected chi connectivity index (χ4v) is 2.09. The molecule has 1 unspecified atom stereocenters. The minimum absolute atomic E-state index is 0.0195. The van der Waals surface area contributed by atoms with Gasteiger partial charge in [-0.15, -0.1) is 0 Å². The fourth-order valence-electron chi connectivity index (χ4n) is 2.09. The van der Waals surface area contributed by atoms with Crippen molar-refractivity contribution in [2.75, 3.05) is 5.32 Å². The molecule has 2 rings (SSSR count). The normalized spacial score (nSPS) is 12.2. The molecule has 19 heavy (non-hydrogen) atoms. The van der Waals surface area contributed by atoms with Crippen LogP contribution in [0.25, 0.3) is 0 Å². The van der Waals surface area contributed by atoms with Gasteiger partial charge in [0.25, 0.3) is 0 Å². The number of hydrogen-bond donors (Lipinski definition) is 3. The first kappa shape index (κ1) is 13.2. The van der Waals surface area contributed by atoms with E-state index in [1.807, 2.05) is 0 Å². The van der Waals surface area contributed by atoms with Crippen LogP contribution in [0.4, 0.5) is 10.1 Å². The zero-order valence-corrected chi connectivity index (χ0v) is 10.8. The van der Waals surface area contributed by atoms with Crippen LogP contribution in [0.2, 0.25) is 0 Å². The zero-order chi connectivity index (χ0) is 14.0. The van der Waals surface area contributed by atoms with E-state index in [1.165, 1.54) is 18.2 Å². The molecule has 0 aliphatic carbocycles. The van der Waals surface area contributed by atoms with Crippen LogP contribution in [0.3, 0.4) is 0 Å². The van der Waals surface area contributed by atoms with Gasteiger partial charge in [-0.3, -0.25) is 0 Å². The standard InChI is InChI=1S/C15H16FNO2/c1-9-5-3-6-11(16)15(9)17-10(2)14-12(18)7-4-8-13(14)19/h3-8,10,17-19H,1-2H3. The Labute approximate surface area is 111 Å². The van der Waals surface area contributed by atoms with Gasteiger partial charge in [0.05, 0.1) is 17.3 Å². The van der Waals surface area contributed by atoms with Crippen LogP contribution in [0, 0.1) is 12.7 Å². The molecule has 0 amide bonds. The average molecular weight is 261 g/mol. The van der Waals surface area contributed by atoms with E-state index < -0.39 is 6.04 Å². The average Bonchev–Trinajstić information content (AvgIpc) is 2.34. The number of nitrogens with one attached hydrogen (secondary N) is 1. The summed E-state index contributed by atoms with van der Waals surface area (Å²) >= 11 is 0. The lowest BCUT2D eigenvalue weighted by Gasteiger charge is -2.19. The number of hydrogen-bond acceptors (Lipinski definition) is 3. The number of aromatic hydroxyl groups is 2. The Hall–Kier alpha value is -2.23. The van der Waals surface area contributed by atoms with Gasteiger partial charge in [-0.25, -0.2) is 4.39 Å². The lowest BCUT2D eigenvalue weighted by atomic mass is 10.0. The summed E-state index contributed by atoms with van der Waals surface area (Å²) in [4.78, 5) is 0. The maximum atomic E-state index is 13.7. The van der Waals surface area contributed by atoms with Crippen LogP contribution in [0.1, 0.15) is 24.1 Å². The van der Waals surface area contributed by atoms with E-state index in [1.54, 1.807) is 32.0 Å². The zero-order valence-electron chi connectivity index (χ0n) is 10.8. The van der Waals surface area contributed by atoms with E-state index in [4.69, 9.17) is 0 Å². The molecule has 0 aliphatic heterocycles. The molecule has 0 saturated heterocycles. The number of rotatable bonds is 3. The summed E-state index contributed by atoms with van der Waals surface area (Å²) in [6, 6.07) is 8.91. The van der Waals surface area contributed by atoms with Crippen molar-refractivity contribution in [3.63, 3.8) is 0 Å². The molecule has 1 atom stereocenters. The number of phenols is 2. The van der Waals surface area contributed by atoms with Gasteiger partial charge in [-0.2, -0.15) is 0 Å². The summed E-state index contributed by atoms with van der Waals surface area (Å²) in [5, 5.41) is 22.6. The van der Waals surface area contributed by atoms with E-state index in [0.29, 0.717) is 11.3 Å². The largest absolute Gasteiger partial charge is 0.507 e. The van der Waals surface area contributed by atoms with Gasteiger partial charge in [-0.1, -0.05) is 18.2 Å². The Balaban J connectivity index is 2.34. The number of anilines is 1. The molecular weight excluding hydrogens is 245 g/mol. The lowest BCUT2D eigenvalue weighted by Crippen LogP contribution is -2.09. The van der Waals surface area contributed by atoms with Crippen molar-refractivity contribution in [3.05, 3.63) is 53.3 Å². The van der Waals surface area contributed by atoms with Crippen LogP contribution in [0.15, 0.2) is 36.4 Å². The van der Waals surface area contributed by atoms with Crippen LogP contribution in [0.5, 0.6) is 11.5 Å². The van der Waals surface area contributed by atoms with E-state index in [-0.39, 0.29) is 17.3 Å². The summed E-state index contributed by atoms with van der Waals surface area (Å²) in [5.74, 6) is -0.398. The quantitative estimate of drug-likeness (QED) is 0.789. The molecule has 2 aromatic rings. The lowest BCUT2D eigenvalue weighted by molar-refractivity contribution is 0.434. The third-order valence-corrected chi connectivity index (χ3v) is 3.08. The van der Waals surface area contributed by atoms with Crippen LogP contribution in [-0.2, 0) is 0 Å². The highest BCUT2D eigenvalue weighted by molar-refractivity contribution is 5.55. The summed E-state index contributed by atoms with van der Waals surface area (Å²) in [5.41, 5.74) is 1.49. The minimum atomic E-state index is -0.420. The summed E-state index contributed by atoms with van der Waals surface area (Å²) in [6.07, 6.45) is 0. The molecule has 0 heterocycles. The number of halogens is 1. The molecule has 0 aliphatic rings. The molecule has 0 saturated carbocycles. The van der Waals surface area contributed by atoms with E-state index in [9.17, 15) is 14.6 Å². The van der Waals surface area contributed by atoms with Gasteiger partial charge in [0, 0.05) is 0 Å². The van der Waals surface area contributed by atoms with Gasteiger partial charge in [0.2, 0.25) is 0 Å². The molecule has 0 aromatic heterocycles. The van der Waals surface area contributed by atoms with Crippen molar-refractivity contribution in [2.45, 2.75) is 19.9 Å². The molecular formula is C15H16FNO2. The Bertz CT molecular complexity index is 558. The second kappa shape index (κ2) is 5.18. The minimum Gasteiger partial charge on any atom is -0.507 e. The second-order valence-corrected chi connectivity index (χ2v) is 4.51. The van der Waals surface area contributed by atoms with E-state index >= 15 is 0 Å². The predicted molar refractivity (Wildman–Crippen MR) is 72.9 cm³/mol. The van der Waals surface area contributed by atoms with Gasteiger partial charge in [0.15, 0.2) is 0 Å². The molecule has 100 valence electrons. The maximum absolute atomic E-state index is 13.7.